The second-order valence-corrected chi connectivity index (χ2v) is 5.85. The Hall–Kier alpha value is -1.41. The van der Waals surface area contributed by atoms with E-state index in [-0.39, 0.29) is 0 Å². The van der Waals surface area contributed by atoms with Crippen molar-refractivity contribution in [1.82, 2.24) is 4.90 Å². The highest BCUT2D eigenvalue weighted by Gasteiger charge is 2.18. The van der Waals surface area contributed by atoms with E-state index in [1.807, 2.05) is 0 Å². The van der Waals surface area contributed by atoms with Gasteiger partial charge in [-0.05, 0) is 44.5 Å². The minimum absolute atomic E-state index is 0.416. The average molecular weight is 271 g/mol. The molecular weight excluding hydrogens is 250 g/mol. The third kappa shape index (κ3) is 2.95. The lowest BCUT2D eigenvalue weighted by molar-refractivity contribution is 0.298. The molecule has 0 bridgehead atoms. The van der Waals surface area contributed by atoms with E-state index < -0.39 is 0 Å². The van der Waals surface area contributed by atoms with Crippen molar-refractivity contribution in [2.75, 3.05) is 0 Å². The number of fused-ring (bicyclic) bond motifs is 1. The molecule has 0 radical (unpaired) electrons. The number of hydrogen-bond acceptors (Lipinski definition) is 1. The zero-order chi connectivity index (χ0) is 14.0. The Balaban J connectivity index is 2.40. The van der Waals surface area contributed by atoms with Crippen LogP contribution in [-0.2, 0) is 0 Å². The lowest BCUT2D eigenvalue weighted by atomic mass is 10.1. The van der Waals surface area contributed by atoms with Crippen LogP contribution in [0.1, 0.15) is 33.3 Å². The largest absolute Gasteiger partial charge is 0.357 e. The van der Waals surface area contributed by atoms with Gasteiger partial charge < -0.3 is 4.90 Å². The average Bonchev–Trinajstić information content (AvgIpc) is 2.37. The van der Waals surface area contributed by atoms with Crippen LogP contribution in [0.5, 0.6) is 0 Å². The van der Waals surface area contributed by atoms with Crippen molar-refractivity contribution >= 4 is 28.0 Å². The van der Waals surface area contributed by atoms with Crippen molar-refractivity contribution in [2.24, 2.45) is 0 Å². The normalized spacial score (nSPS) is 11.3. The lowest BCUT2D eigenvalue weighted by Gasteiger charge is -2.33. The van der Waals surface area contributed by atoms with Crippen molar-refractivity contribution < 1.29 is 0 Å². The lowest BCUT2D eigenvalue weighted by Crippen LogP contribution is -2.41. The Morgan fingerprint density at radius 1 is 0.895 bits per heavy atom. The quantitative estimate of drug-likeness (QED) is 0.749. The molecule has 2 heteroatoms. The minimum Gasteiger partial charge on any atom is -0.357 e. The van der Waals surface area contributed by atoms with Gasteiger partial charge in [0, 0.05) is 17.6 Å². The summed E-state index contributed by atoms with van der Waals surface area (Å²) in [6.45, 7) is 8.75. The van der Waals surface area contributed by atoms with E-state index in [1.54, 1.807) is 0 Å². The van der Waals surface area contributed by atoms with Gasteiger partial charge in [-0.2, -0.15) is 0 Å². The van der Waals surface area contributed by atoms with E-state index in [2.05, 4.69) is 75.1 Å². The van der Waals surface area contributed by atoms with E-state index >= 15 is 0 Å². The van der Waals surface area contributed by atoms with Gasteiger partial charge in [-0.3, -0.25) is 0 Å². The highest BCUT2D eigenvalue weighted by molar-refractivity contribution is 7.80. The summed E-state index contributed by atoms with van der Waals surface area (Å²) in [6, 6.07) is 15.7. The van der Waals surface area contributed by atoms with E-state index in [1.165, 1.54) is 10.8 Å². The molecule has 0 fully saturated rings. The first-order valence-corrected chi connectivity index (χ1v) is 7.23. The van der Waals surface area contributed by atoms with Crippen LogP contribution in [0.3, 0.4) is 0 Å². The Kier molecular flexibility index (Phi) is 4.20. The molecule has 19 heavy (non-hydrogen) atoms. The first kappa shape index (κ1) is 14.0. The van der Waals surface area contributed by atoms with Gasteiger partial charge in [0.05, 0.1) is 0 Å². The van der Waals surface area contributed by atoms with Crippen LogP contribution in [0.4, 0.5) is 0 Å². The molecule has 0 unspecified atom stereocenters. The van der Waals surface area contributed by atoms with Crippen LogP contribution in [0, 0.1) is 0 Å². The number of nitrogens with zero attached hydrogens (tertiary/aromatic N) is 1. The molecule has 0 aliphatic carbocycles. The van der Waals surface area contributed by atoms with Gasteiger partial charge in [0.15, 0.2) is 0 Å². The summed E-state index contributed by atoms with van der Waals surface area (Å²) in [4.78, 5) is 3.23. The molecule has 0 saturated heterocycles. The van der Waals surface area contributed by atoms with Crippen LogP contribution < -0.4 is 0 Å². The molecule has 0 aromatic heterocycles. The van der Waals surface area contributed by atoms with E-state index in [0.717, 1.165) is 10.6 Å². The van der Waals surface area contributed by atoms with Gasteiger partial charge in [-0.1, -0.05) is 48.6 Å². The summed E-state index contributed by atoms with van der Waals surface area (Å²) in [7, 11) is 0. The standard InChI is InChI=1S/C17H21NS/c1-12(2)18(13(3)4)17(19)16-10-9-14-7-5-6-8-15(14)11-16/h5-13H,1-4H3. The molecule has 2 aromatic carbocycles. The van der Waals surface area contributed by atoms with E-state index in [9.17, 15) is 0 Å². The van der Waals surface area contributed by atoms with Gasteiger partial charge in [0.2, 0.25) is 0 Å². The molecule has 0 aliphatic heterocycles. The summed E-state index contributed by atoms with van der Waals surface area (Å²) in [5.74, 6) is 0. The van der Waals surface area contributed by atoms with Gasteiger partial charge in [-0.25, -0.2) is 0 Å². The molecule has 0 atom stereocenters. The molecule has 2 rings (SSSR count). The molecule has 1 nitrogen and oxygen atoms in total. The number of rotatable bonds is 3. The third-order valence-corrected chi connectivity index (χ3v) is 3.79. The predicted molar refractivity (Wildman–Crippen MR) is 87.8 cm³/mol. The highest BCUT2D eigenvalue weighted by atomic mass is 32.1. The molecule has 0 amide bonds. The van der Waals surface area contributed by atoms with E-state index in [4.69, 9.17) is 12.2 Å². The minimum atomic E-state index is 0.416. The summed E-state index contributed by atoms with van der Waals surface area (Å²) in [5, 5.41) is 2.50. The molecule has 100 valence electrons. The van der Waals surface area contributed by atoms with Crippen LogP contribution in [-0.4, -0.2) is 22.0 Å². The number of benzene rings is 2. The fourth-order valence-electron chi connectivity index (χ4n) is 2.54. The third-order valence-electron chi connectivity index (χ3n) is 3.34. The maximum Gasteiger partial charge on any atom is 0.109 e. The smallest absolute Gasteiger partial charge is 0.109 e. The number of thiocarbonyl (C=S) groups is 1. The molecular formula is C17H21NS. The van der Waals surface area contributed by atoms with Gasteiger partial charge in [0.25, 0.3) is 0 Å². The number of hydrogen-bond donors (Lipinski definition) is 0. The van der Waals surface area contributed by atoms with Crippen LogP contribution in [0.2, 0.25) is 0 Å². The van der Waals surface area contributed by atoms with Gasteiger partial charge >= 0.3 is 0 Å². The molecule has 0 aliphatic rings. The van der Waals surface area contributed by atoms with Crippen LogP contribution >= 0.6 is 12.2 Å². The molecule has 2 aromatic rings. The first-order chi connectivity index (χ1) is 9.00. The second kappa shape index (κ2) is 5.70. The zero-order valence-electron chi connectivity index (χ0n) is 12.1. The summed E-state index contributed by atoms with van der Waals surface area (Å²) >= 11 is 5.68. The molecule has 0 spiro atoms. The monoisotopic (exact) mass is 271 g/mol. The Morgan fingerprint density at radius 2 is 1.47 bits per heavy atom. The maximum absolute atomic E-state index is 5.68. The Labute approximate surface area is 121 Å². The zero-order valence-corrected chi connectivity index (χ0v) is 12.9. The Morgan fingerprint density at radius 3 is 2.05 bits per heavy atom. The van der Waals surface area contributed by atoms with Crippen molar-refractivity contribution in [3.63, 3.8) is 0 Å². The Bertz CT molecular complexity index is 579. The van der Waals surface area contributed by atoms with Gasteiger partial charge in [0.1, 0.15) is 4.99 Å². The maximum atomic E-state index is 5.68. The van der Waals surface area contributed by atoms with Crippen molar-refractivity contribution in [1.29, 1.82) is 0 Å². The molecule has 0 saturated carbocycles. The molecule has 0 N–H and O–H groups in total. The fourth-order valence-corrected chi connectivity index (χ4v) is 3.09. The van der Waals surface area contributed by atoms with Crippen molar-refractivity contribution in [3.05, 3.63) is 48.0 Å². The van der Waals surface area contributed by atoms with E-state index in [0.29, 0.717) is 12.1 Å². The topological polar surface area (TPSA) is 3.24 Å². The first-order valence-electron chi connectivity index (χ1n) is 6.82. The SMILES string of the molecule is CC(C)N(C(=S)c1ccc2ccccc2c1)C(C)C. The highest BCUT2D eigenvalue weighted by Crippen LogP contribution is 2.19. The summed E-state index contributed by atoms with van der Waals surface area (Å²) < 4.78 is 0. The summed E-state index contributed by atoms with van der Waals surface area (Å²) in [6.07, 6.45) is 0. The summed E-state index contributed by atoms with van der Waals surface area (Å²) in [5.41, 5.74) is 1.14. The van der Waals surface area contributed by atoms with Crippen LogP contribution in [0.25, 0.3) is 10.8 Å². The van der Waals surface area contributed by atoms with Gasteiger partial charge in [-0.15, -0.1) is 0 Å². The van der Waals surface area contributed by atoms with Crippen molar-refractivity contribution in [3.8, 4) is 0 Å². The molecule has 0 heterocycles. The predicted octanol–water partition coefficient (Wildman–Crippen LogP) is 4.63. The van der Waals surface area contributed by atoms with Crippen molar-refractivity contribution in [2.45, 2.75) is 39.8 Å². The van der Waals surface area contributed by atoms with Crippen LogP contribution in [0.15, 0.2) is 42.5 Å². The fraction of sp³-hybridized carbons (Fsp3) is 0.353. The second-order valence-electron chi connectivity index (χ2n) is 5.46.